The average molecular weight is 394 g/mol. The Balaban J connectivity index is 2.56. The highest BCUT2D eigenvalue weighted by Gasteiger charge is 2.56. The van der Waals surface area contributed by atoms with E-state index in [0.29, 0.717) is 4.43 Å². The molecule has 1 aromatic heterocycles. The standard InChI is InChI=1S/C12H15IN2O5/c1-6(2)12(19)9(17)7(5-13)20-10(12)15-4-3-8(16)14-11(15)18/h3-4,7,9-10,17,19H,1,5H2,2H3,(H,14,16,18)/t7-,9-,10-,12-/m1/s1. The van der Waals surface area contributed by atoms with Gasteiger partial charge in [0.05, 0.1) is 6.10 Å². The van der Waals surface area contributed by atoms with E-state index < -0.39 is 35.3 Å². The maximum absolute atomic E-state index is 11.8. The monoisotopic (exact) mass is 394 g/mol. The van der Waals surface area contributed by atoms with Crippen molar-refractivity contribution in [3.05, 3.63) is 45.3 Å². The summed E-state index contributed by atoms with van der Waals surface area (Å²) in [5.41, 5.74) is -2.78. The largest absolute Gasteiger partial charge is 0.387 e. The molecule has 4 atom stereocenters. The van der Waals surface area contributed by atoms with Crippen LogP contribution in [-0.4, -0.2) is 42.0 Å². The zero-order valence-corrected chi connectivity index (χ0v) is 12.9. The summed E-state index contributed by atoms with van der Waals surface area (Å²) < 4.78 is 7.06. The van der Waals surface area contributed by atoms with Crippen molar-refractivity contribution in [3.8, 4) is 0 Å². The van der Waals surface area contributed by atoms with E-state index in [2.05, 4.69) is 11.6 Å². The molecule has 0 spiro atoms. The van der Waals surface area contributed by atoms with Gasteiger partial charge in [0.1, 0.15) is 6.10 Å². The van der Waals surface area contributed by atoms with Gasteiger partial charge in [0.25, 0.3) is 5.56 Å². The molecule has 1 aliphatic rings. The number of aromatic nitrogens is 2. The quantitative estimate of drug-likeness (QED) is 0.366. The van der Waals surface area contributed by atoms with Crippen molar-refractivity contribution in [3.63, 3.8) is 0 Å². The Bertz CT molecular complexity index is 639. The highest BCUT2D eigenvalue weighted by molar-refractivity contribution is 14.1. The van der Waals surface area contributed by atoms with Crippen LogP contribution in [0, 0.1) is 0 Å². The molecule has 0 unspecified atom stereocenters. The van der Waals surface area contributed by atoms with E-state index in [0.717, 1.165) is 10.6 Å². The third-order valence-electron chi connectivity index (χ3n) is 3.42. The van der Waals surface area contributed by atoms with Crippen LogP contribution in [0.15, 0.2) is 34.0 Å². The lowest BCUT2D eigenvalue weighted by Crippen LogP contribution is -2.49. The predicted octanol–water partition coefficient (Wildman–Crippen LogP) is -0.463. The molecule has 0 aliphatic carbocycles. The van der Waals surface area contributed by atoms with Crippen LogP contribution in [-0.2, 0) is 4.74 Å². The number of H-pyrrole nitrogens is 1. The lowest BCUT2D eigenvalue weighted by Gasteiger charge is -2.32. The third kappa shape index (κ3) is 2.26. The second-order valence-corrected chi connectivity index (χ2v) is 5.63. The zero-order chi connectivity index (χ0) is 15.1. The molecule has 0 saturated carbocycles. The molecule has 1 aliphatic heterocycles. The van der Waals surface area contributed by atoms with E-state index in [4.69, 9.17) is 4.74 Å². The Morgan fingerprint density at radius 1 is 1.65 bits per heavy atom. The fraction of sp³-hybridized carbons (Fsp3) is 0.500. The number of hydrogen-bond donors (Lipinski definition) is 3. The number of aromatic amines is 1. The van der Waals surface area contributed by atoms with Crippen LogP contribution >= 0.6 is 22.6 Å². The van der Waals surface area contributed by atoms with E-state index in [1.165, 1.54) is 6.20 Å². The van der Waals surface area contributed by atoms with Crippen molar-refractivity contribution in [2.45, 2.75) is 31.0 Å². The Morgan fingerprint density at radius 2 is 2.30 bits per heavy atom. The van der Waals surface area contributed by atoms with Gasteiger partial charge in [-0.2, -0.15) is 0 Å². The molecule has 3 N–H and O–H groups in total. The molecule has 2 rings (SSSR count). The normalized spacial score (nSPS) is 33.3. The topological polar surface area (TPSA) is 105 Å². The van der Waals surface area contributed by atoms with Crippen molar-refractivity contribution in [2.24, 2.45) is 0 Å². The van der Waals surface area contributed by atoms with Crippen LogP contribution in [0.3, 0.4) is 0 Å². The van der Waals surface area contributed by atoms with Crippen LogP contribution in [0.4, 0.5) is 0 Å². The first-order chi connectivity index (χ1) is 9.32. The smallest absolute Gasteiger partial charge is 0.330 e. The van der Waals surface area contributed by atoms with E-state index in [9.17, 15) is 19.8 Å². The SMILES string of the molecule is C=C(C)[C@@]1(O)[C@H](O)[C@@H](CI)O[C@H]1n1ccc(=O)[nH]c1=O. The molecule has 0 amide bonds. The molecule has 110 valence electrons. The molecule has 0 radical (unpaired) electrons. The Kier molecular flexibility index (Phi) is 4.19. The summed E-state index contributed by atoms with van der Waals surface area (Å²) in [5, 5.41) is 20.9. The van der Waals surface area contributed by atoms with Crippen LogP contribution in [0.25, 0.3) is 0 Å². The molecule has 0 bridgehead atoms. The Morgan fingerprint density at radius 3 is 2.80 bits per heavy atom. The minimum absolute atomic E-state index is 0.278. The highest BCUT2D eigenvalue weighted by atomic mass is 127. The zero-order valence-electron chi connectivity index (χ0n) is 10.7. The summed E-state index contributed by atoms with van der Waals surface area (Å²) in [7, 11) is 0. The number of alkyl halides is 1. The summed E-state index contributed by atoms with van der Waals surface area (Å²) >= 11 is 2.02. The third-order valence-corrected chi connectivity index (χ3v) is 4.29. The number of aliphatic hydroxyl groups is 2. The first kappa shape index (κ1) is 15.4. The minimum atomic E-state index is -1.79. The van der Waals surface area contributed by atoms with Crippen molar-refractivity contribution in [1.29, 1.82) is 0 Å². The van der Waals surface area contributed by atoms with E-state index in [-0.39, 0.29) is 5.57 Å². The lowest BCUT2D eigenvalue weighted by atomic mass is 9.88. The van der Waals surface area contributed by atoms with Crippen LogP contribution < -0.4 is 11.2 Å². The van der Waals surface area contributed by atoms with Gasteiger partial charge in [-0.3, -0.25) is 14.3 Å². The summed E-state index contributed by atoms with van der Waals surface area (Å²) in [6.07, 6.45) is -1.76. The van der Waals surface area contributed by atoms with Crippen LogP contribution in [0.5, 0.6) is 0 Å². The van der Waals surface area contributed by atoms with Crippen molar-refractivity contribution < 1.29 is 14.9 Å². The van der Waals surface area contributed by atoms with Gasteiger partial charge < -0.3 is 14.9 Å². The summed E-state index contributed by atoms with van der Waals surface area (Å²) in [6.45, 7) is 5.22. The molecule has 7 nitrogen and oxygen atoms in total. The first-order valence-electron chi connectivity index (χ1n) is 5.91. The number of aliphatic hydroxyl groups excluding tert-OH is 1. The second kappa shape index (κ2) is 5.43. The molecule has 0 aromatic carbocycles. The highest BCUT2D eigenvalue weighted by Crippen LogP contribution is 2.42. The molecule has 1 fully saturated rings. The van der Waals surface area contributed by atoms with Gasteiger partial charge in [0, 0.05) is 16.7 Å². The molecular formula is C12H15IN2O5. The van der Waals surface area contributed by atoms with Crippen LogP contribution in [0.1, 0.15) is 13.2 Å². The molecule has 1 saturated heterocycles. The maximum atomic E-state index is 11.8. The predicted molar refractivity (Wildman–Crippen MR) is 79.9 cm³/mol. The van der Waals surface area contributed by atoms with Gasteiger partial charge in [0.15, 0.2) is 11.8 Å². The van der Waals surface area contributed by atoms with E-state index in [1.54, 1.807) is 6.92 Å². The summed E-state index contributed by atoms with van der Waals surface area (Å²) in [6, 6.07) is 1.15. The molecule has 2 heterocycles. The van der Waals surface area contributed by atoms with Gasteiger partial charge in [-0.05, 0) is 12.5 Å². The number of rotatable bonds is 3. The van der Waals surface area contributed by atoms with Crippen molar-refractivity contribution in [2.75, 3.05) is 4.43 Å². The van der Waals surface area contributed by atoms with Gasteiger partial charge in [-0.1, -0.05) is 29.2 Å². The van der Waals surface area contributed by atoms with E-state index >= 15 is 0 Å². The van der Waals surface area contributed by atoms with Gasteiger partial charge in [0.2, 0.25) is 0 Å². The molecular weight excluding hydrogens is 379 g/mol. The van der Waals surface area contributed by atoms with Gasteiger partial charge in [-0.15, -0.1) is 0 Å². The molecule has 20 heavy (non-hydrogen) atoms. The fourth-order valence-electron chi connectivity index (χ4n) is 2.25. The molecule has 8 heteroatoms. The summed E-state index contributed by atoms with van der Waals surface area (Å²) in [4.78, 5) is 25.0. The summed E-state index contributed by atoms with van der Waals surface area (Å²) in [5.74, 6) is 0. The number of nitrogens with one attached hydrogen (secondary N) is 1. The first-order valence-corrected chi connectivity index (χ1v) is 7.44. The Hall–Kier alpha value is -0.970. The van der Waals surface area contributed by atoms with Crippen molar-refractivity contribution in [1.82, 2.24) is 9.55 Å². The number of ether oxygens (including phenoxy) is 1. The maximum Gasteiger partial charge on any atom is 0.330 e. The van der Waals surface area contributed by atoms with Gasteiger partial charge in [-0.25, -0.2) is 4.79 Å². The van der Waals surface area contributed by atoms with Crippen LogP contribution in [0.2, 0.25) is 0 Å². The fourth-order valence-corrected chi connectivity index (χ4v) is 2.94. The van der Waals surface area contributed by atoms with Crippen molar-refractivity contribution >= 4 is 22.6 Å². The lowest BCUT2D eigenvalue weighted by molar-refractivity contribution is -0.0843. The Labute approximate surface area is 128 Å². The number of hydrogen-bond acceptors (Lipinski definition) is 5. The second-order valence-electron chi connectivity index (χ2n) is 4.75. The van der Waals surface area contributed by atoms with Gasteiger partial charge >= 0.3 is 5.69 Å². The average Bonchev–Trinajstić information content (AvgIpc) is 2.64. The molecule has 1 aromatic rings. The number of nitrogens with zero attached hydrogens (tertiary/aromatic N) is 1. The number of halogens is 1. The minimum Gasteiger partial charge on any atom is -0.387 e. The van der Waals surface area contributed by atoms with E-state index in [1.807, 2.05) is 22.6 Å².